The van der Waals surface area contributed by atoms with E-state index in [2.05, 4.69) is 5.32 Å². The van der Waals surface area contributed by atoms with Gasteiger partial charge in [-0.3, -0.25) is 4.79 Å². The van der Waals surface area contributed by atoms with E-state index in [1.807, 2.05) is 37.3 Å². The van der Waals surface area contributed by atoms with Gasteiger partial charge < -0.3 is 10.1 Å². The second kappa shape index (κ2) is 7.18. The van der Waals surface area contributed by atoms with E-state index in [9.17, 15) is 9.18 Å². The van der Waals surface area contributed by atoms with Crippen molar-refractivity contribution in [1.82, 2.24) is 5.32 Å². The molecule has 0 aliphatic heterocycles. The average Bonchev–Trinajstić information content (AvgIpc) is 2.57. The van der Waals surface area contributed by atoms with Gasteiger partial charge in [0.05, 0.1) is 12.1 Å². The van der Waals surface area contributed by atoms with Crippen molar-refractivity contribution in [1.29, 1.82) is 0 Å². The van der Waals surface area contributed by atoms with Crippen LogP contribution in [0.1, 0.15) is 29.3 Å². The minimum Gasteiger partial charge on any atom is -0.372 e. The first-order valence-corrected chi connectivity index (χ1v) is 7.26. The maximum absolute atomic E-state index is 13.7. The topological polar surface area (TPSA) is 38.3 Å². The lowest BCUT2D eigenvalue weighted by atomic mass is 9.90. The standard InChI is InChI=1S/C18H20FNO2/c1-3-18(22-2,14-9-5-4-6-10-14)13-20-17(21)15-11-7-8-12-16(15)19/h4-12H,3,13H2,1-2H3,(H,20,21). The molecule has 3 nitrogen and oxygen atoms in total. The Balaban J connectivity index is 2.16. The largest absolute Gasteiger partial charge is 0.372 e. The Morgan fingerprint density at radius 3 is 2.36 bits per heavy atom. The van der Waals surface area contributed by atoms with Gasteiger partial charge >= 0.3 is 0 Å². The van der Waals surface area contributed by atoms with Gasteiger partial charge in [-0.2, -0.15) is 0 Å². The highest BCUT2D eigenvalue weighted by molar-refractivity contribution is 5.94. The lowest BCUT2D eigenvalue weighted by Gasteiger charge is -2.32. The third-order valence-corrected chi connectivity index (χ3v) is 3.91. The molecule has 2 rings (SSSR count). The molecule has 0 aliphatic rings. The lowest BCUT2D eigenvalue weighted by molar-refractivity contribution is -0.0164. The molecule has 2 aromatic carbocycles. The zero-order valence-corrected chi connectivity index (χ0v) is 12.8. The molecule has 0 heterocycles. The third kappa shape index (κ3) is 3.34. The Bertz CT molecular complexity index is 624. The fraction of sp³-hybridized carbons (Fsp3) is 0.278. The molecule has 4 heteroatoms. The average molecular weight is 301 g/mol. The Morgan fingerprint density at radius 2 is 1.77 bits per heavy atom. The van der Waals surface area contributed by atoms with Crippen LogP contribution in [0, 0.1) is 5.82 Å². The van der Waals surface area contributed by atoms with Gasteiger partial charge in [0, 0.05) is 7.11 Å². The predicted molar refractivity (Wildman–Crippen MR) is 84.2 cm³/mol. The second-order valence-corrected chi connectivity index (χ2v) is 5.08. The molecule has 0 spiro atoms. The highest BCUT2D eigenvalue weighted by atomic mass is 19.1. The van der Waals surface area contributed by atoms with Crippen LogP contribution in [0.4, 0.5) is 4.39 Å². The van der Waals surface area contributed by atoms with Crippen molar-refractivity contribution < 1.29 is 13.9 Å². The van der Waals surface area contributed by atoms with Crippen molar-refractivity contribution in [3.63, 3.8) is 0 Å². The van der Waals surface area contributed by atoms with Gasteiger partial charge in [0.1, 0.15) is 11.4 Å². The van der Waals surface area contributed by atoms with E-state index >= 15 is 0 Å². The summed E-state index contributed by atoms with van der Waals surface area (Å²) in [7, 11) is 1.62. The molecular formula is C18H20FNO2. The molecule has 0 saturated heterocycles. The zero-order chi connectivity index (χ0) is 16.0. The van der Waals surface area contributed by atoms with Crippen LogP contribution in [0.5, 0.6) is 0 Å². The number of carbonyl (C=O) groups excluding carboxylic acids is 1. The van der Waals surface area contributed by atoms with Crippen LogP contribution in [0.25, 0.3) is 0 Å². The molecule has 1 atom stereocenters. The van der Waals surface area contributed by atoms with Gasteiger partial charge in [-0.1, -0.05) is 49.4 Å². The number of methoxy groups -OCH3 is 1. The molecular weight excluding hydrogens is 281 g/mol. The molecule has 1 amide bonds. The summed E-state index contributed by atoms with van der Waals surface area (Å²) in [6, 6.07) is 15.6. The zero-order valence-electron chi connectivity index (χ0n) is 12.8. The van der Waals surface area contributed by atoms with Gasteiger partial charge in [-0.15, -0.1) is 0 Å². The first-order chi connectivity index (χ1) is 10.6. The maximum Gasteiger partial charge on any atom is 0.254 e. The summed E-state index contributed by atoms with van der Waals surface area (Å²) >= 11 is 0. The van der Waals surface area contributed by atoms with Gasteiger partial charge in [0.15, 0.2) is 0 Å². The summed E-state index contributed by atoms with van der Waals surface area (Å²) in [6.07, 6.45) is 0.686. The van der Waals surface area contributed by atoms with E-state index in [0.717, 1.165) is 5.56 Å². The summed E-state index contributed by atoms with van der Waals surface area (Å²) < 4.78 is 19.3. The minimum atomic E-state index is -0.623. The lowest BCUT2D eigenvalue weighted by Crippen LogP contribution is -2.42. The Hall–Kier alpha value is -2.20. The van der Waals surface area contributed by atoms with Crippen molar-refractivity contribution >= 4 is 5.91 Å². The van der Waals surface area contributed by atoms with Gasteiger partial charge in [-0.25, -0.2) is 4.39 Å². The summed E-state index contributed by atoms with van der Waals surface area (Å²) in [6.45, 7) is 2.27. The van der Waals surface area contributed by atoms with Crippen LogP contribution >= 0.6 is 0 Å². The number of ether oxygens (including phenoxy) is 1. The van der Waals surface area contributed by atoms with Crippen molar-refractivity contribution in [2.45, 2.75) is 18.9 Å². The summed E-state index contributed by atoms with van der Waals surface area (Å²) in [4.78, 5) is 12.2. The van der Waals surface area contributed by atoms with Crippen molar-refractivity contribution in [2.75, 3.05) is 13.7 Å². The molecule has 0 radical (unpaired) electrons. The summed E-state index contributed by atoms with van der Waals surface area (Å²) in [5.74, 6) is -0.969. The van der Waals surface area contributed by atoms with Crippen LogP contribution in [-0.2, 0) is 10.3 Å². The quantitative estimate of drug-likeness (QED) is 0.886. The smallest absolute Gasteiger partial charge is 0.254 e. The van der Waals surface area contributed by atoms with Gasteiger partial charge in [-0.05, 0) is 24.1 Å². The SMILES string of the molecule is CCC(CNC(=O)c1ccccc1F)(OC)c1ccccc1. The van der Waals surface area contributed by atoms with E-state index in [1.54, 1.807) is 19.2 Å². The first-order valence-electron chi connectivity index (χ1n) is 7.26. The predicted octanol–water partition coefficient (Wildman–Crippen LogP) is 3.51. The van der Waals surface area contributed by atoms with E-state index in [4.69, 9.17) is 4.74 Å². The molecule has 2 aromatic rings. The number of hydrogen-bond donors (Lipinski definition) is 1. The molecule has 0 saturated carbocycles. The van der Waals surface area contributed by atoms with Crippen LogP contribution in [0.2, 0.25) is 0 Å². The number of rotatable bonds is 6. The number of carbonyl (C=O) groups is 1. The third-order valence-electron chi connectivity index (χ3n) is 3.91. The van der Waals surface area contributed by atoms with E-state index < -0.39 is 17.3 Å². The maximum atomic E-state index is 13.7. The number of halogens is 1. The minimum absolute atomic E-state index is 0.0386. The Labute approximate surface area is 130 Å². The van der Waals surface area contributed by atoms with E-state index in [-0.39, 0.29) is 12.1 Å². The molecule has 0 aliphatic carbocycles. The van der Waals surface area contributed by atoms with Gasteiger partial charge in [0.2, 0.25) is 0 Å². The van der Waals surface area contributed by atoms with Crippen LogP contribution in [0.15, 0.2) is 54.6 Å². The van der Waals surface area contributed by atoms with Crippen LogP contribution in [0.3, 0.4) is 0 Å². The highest BCUT2D eigenvalue weighted by Crippen LogP contribution is 2.28. The molecule has 1 N–H and O–H groups in total. The Morgan fingerprint density at radius 1 is 1.14 bits per heavy atom. The highest BCUT2D eigenvalue weighted by Gasteiger charge is 2.30. The monoisotopic (exact) mass is 301 g/mol. The fourth-order valence-corrected chi connectivity index (χ4v) is 2.47. The Kier molecular flexibility index (Phi) is 5.28. The molecule has 116 valence electrons. The number of hydrogen-bond acceptors (Lipinski definition) is 2. The van der Waals surface area contributed by atoms with Crippen LogP contribution in [-0.4, -0.2) is 19.6 Å². The molecule has 0 aromatic heterocycles. The second-order valence-electron chi connectivity index (χ2n) is 5.08. The van der Waals surface area contributed by atoms with Crippen LogP contribution < -0.4 is 5.32 Å². The number of nitrogens with one attached hydrogen (secondary N) is 1. The number of benzene rings is 2. The summed E-state index contributed by atoms with van der Waals surface area (Å²) in [5.41, 5.74) is 0.396. The number of amides is 1. The first kappa shape index (κ1) is 16.2. The van der Waals surface area contributed by atoms with E-state index in [1.165, 1.54) is 12.1 Å². The summed E-state index contributed by atoms with van der Waals surface area (Å²) in [5, 5.41) is 2.78. The molecule has 1 unspecified atom stereocenters. The van der Waals surface area contributed by atoms with Crippen molar-refractivity contribution in [3.05, 3.63) is 71.5 Å². The normalized spacial score (nSPS) is 13.4. The van der Waals surface area contributed by atoms with Crippen molar-refractivity contribution in [3.8, 4) is 0 Å². The van der Waals surface area contributed by atoms with Gasteiger partial charge in [0.25, 0.3) is 5.91 Å². The fourth-order valence-electron chi connectivity index (χ4n) is 2.47. The molecule has 0 bridgehead atoms. The molecule has 22 heavy (non-hydrogen) atoms. The molecule has 0 fully saturated rings. The van der Waals surface area contributed by atoms with E-state index in [0.29, 0.717) is 6.42 Å². The van der Waals surface area contributed by atoms with Crippen molar-refractivity contribution in [2.24, 2.45) is 0 Å².